The first-order valence-corrected chi connectivity index (χ1v) is 8.40. The fourth-order valence-electron chi connectivity index (χ4n) is 3.62. The fraction of sp³-hybridized carbons (Fsp3) is 0.368. The second-order valence-electron chi connectivity index (χ2n) is 6.59. The van der Waals surface area contributed by atoms with Gasteiger partial charge in [-0.3, -0.25) is 0 Å². The van der Waals surface area contributed by atoms with Crippen molar-refractivity contribution in [3.05, 3.63) is 53.9 Å². The predicted octanol–water partition coefficient (Wildman–Crippen LogP) is 3.89. The van der Waals surface area contributed by atoms with Crippen molar-refractivity contribution in [3.8, 4) is 5.69 Å². The number of aromatic nitrogens is 3. The van der Waals surface area contributed by atoms with E-state index in [-0.39, 0.29) is 11.9 Å². The van der Waals surface area contributed by atoms with Gasteiger partial charge in [-0.05, 0) is 68.4 Å². The SMILES string of the molecule is Cc1ncc2c(n1)c(C1CCC(O)CC1)cn2-c1ccc(F)cc1. The van der Waals surface area contributed by atoms with Gasteiger partial charge in [0, 0.05) is 11.9 Å². The zero-order valence-electron chi connectivity index (χ0n) is 13.6. The van der Waals surface area contributed by atoms with Crippen molar-refractivity contribution in [3.63, 3.8) is 0 Å². The lowest BCUT2D eigenvalue weighted by molar-refractivity contribution is 0.122. The summed E-state index contributed by atoms with van der Waals surface area (Å²) in [6.07, 6.45) is 7.36. The molecule has 0 bridgehead atoms. The number of aryl methyl sites for hydroxylation is 1. The molecule has 1 aliphatic carbocycles. The molecule has 0 saturated heterocycles. The van der Waals surface area contributed by atoms with Gasteiger partial charge < -0.3 is 9.67 Å². The van der Waals surface area contributed by atoms with E-state index >= 15 is 0 Å². The number of fused-ring (bicyclic) bond motifs is 1. The summed E-state index contributed by atoms with van der Waals surface area (Å²) in [7, 11) is 0. The minimum atomic E-state index is -0.246. The number of nitrogens with zero attached hydrogens (tertiary/aromatic N) is 3. The van der Waals surface area contributed by atoms with Gasteiger partial charge in [-0.2, -0.15) is 0 Å². The molecule has 5 heteroatoms. The molecule has 1 aliphatic rings. The smallest absolute Gasteiger partial charge is 0.126 e. The number of hydrogen-bond donors (Lipinski definition) is 1. The molecule has 1 N–H and O–H groups in total. The molecule has 0 amide bonds. The average molecular weight is 325 g/mol. The molecule has 1 aromatic carbocycles. The molecule has 0 spiro atoms. The normalized spacial score (nSPS) is 21.3. The summed E-state index contributed by atoms with van der Waals surface area (Å²) in [5, 5.41) is 9.77. The van der Waals surface area contributed by atoms with E-state index in [2.05, 4.69) is 16.2 Å². The van der Waals surface area contributed by atoms with Crippen molar-refractivity contribution in [1.82, 2.24) is 14.5 Å². The van der Waals surface area contributed by atoms with E-state index in [0.717, 1.165) is 48.2 Å². The highest BCUT2D eigenvalue weighted by atomic mass is 19.1. The van der Waals surface area contributed by atoms with Crippen LogP contribution in [0.5, 0.6) is 0 Å². The third-order valence-electron chi connectivity index (χ3n) is 4.93. The highest BCUT2D eigenvalue weighted by Crippen LogP contribution is 2.37. The van der Waals surface area contributed by atoms with Gasteiger partial charge >= 0.3 is 0 Å². The fourth-order valence-corrected chi connectivity index (χ4v) is 3.62. The molecule has 0 atom stereocenters. The Morgan fingerprint density at radius 3 is 2.54 bits per heavy atom. The minimum absolute atomic E-state index is 0.178. The Kier molecular flexibility index (Phi) is 3.81. The van der Waals surface area contributed by atoms with E-state index in [1.54, 1.807) is 12.1 Å². The monoisotopic (exact) mass is 325 g/mol. The highest BCUT2D eigenvalue weighted by Gasteiger charge is 2.25. The predicted molar refractivity (Wildman–Crippen MR) is 90.8 cm³/mol. The first kappa shape index (κ1) is 15.3. The largest absolute Gasteiger partial charge is 0.393 e. The first-order chi connectivity index (χ1) is 11.6. The number of halogens is 1. The zero-order chi connectivity index (χ0) is 16.7. The van der Waals surface area contributed by atoms with Crippen LogP contribution in [-0.2, 0) is 0 Å². The number of benzene rings is 1. The number of hydrogen-bond acceptors (Lipinski definition) is 3. The summed E-state index contributed by atoms with van der Waals surface area (Å²) in [6.45, 7) is 1.89. The summed E-state index contributed by atoms with van der Waals surface area (Å²) >= 11 is 0. The second-order valence-corrected chi connectivity index (χ2v) is 6.59. The first-order valence-electron chi connectivity index (χ1n) is 8.40. The lowest BCUT2D eigenvalue weighted by Crippen LogP contribution is -2.16. The van der Waals surface area contributed by atoms with Crippen LogP contribution in [0, 0.1) is 12.7 Å². The number of rotatable bonds is 2. The second kappa shape index (κ2) is 5.98. The molecule has 124 valence electrons. The maximum absolute atomic E-state index is 13.2. The van der Waals surface area contributed by atoms with Crippen molar-refractivity contribution in [1.29, 1.82) is 0 Å². The summed E-state index contributed by atoms with van der Waals surface area (Å²) in [5.41, 5.74) is 4.00. The van der Waals surface area contributed by atoms with Gasteiger partial charge in [0.2, 0.25) is 0 Å². The average Bonchev–Trinajstić information content (AvgIpc) is 2.95. The Labute approximate surface area is 140 Å². The van der Waals surface area contributed by atoms with E-state index < -0.39 is 0 Å². The van der Waals surface area contributed by atoms with Crippen LogP contribution in [0.25, 0.3) is 16.7 Å². The minimum Gasteiger partial charge on any atom is -0.393 e. The van der Waals surface area contributed by atoms with Crippen LogP contribution >= 0.6 is 0 Å². The van der Waals surface area contributed by atoms with E-state index in [1.807, 2.05) is 17.7 Å². The molecule has 2 aromatic heterocycles. The maximum atomic E-state index is 13.2. The zero-order valence-corrected chi connectivity index (χ0v) is 13.6. The van der Waals surface area contributed by atoms with Gasteiger partial charge in [-0.15, -0.1) is 0 Å². The Bertz CT molecular complexity index is 864. The Morgan fingerprint density at radius 2 is 1.83 bits per heavy atom. The number of aliphatic hydroxyl groups excluding tert-OH is 1. The van der Waals surface area contributed by atoms with Crippen molar-refractivity contribution in [2.75, 3.05) is 0 Å². The van der Waals surface area contributed by atoms with Crippen LogP contribution in [0.15, 0.2) is 36.7 Å². The number of aliphatic hydroxyl groups is 1. The van der Waals surface area contributed by atoms with Crippen LogP contribution in [-0.4, -0.2) is 25.7 Å². The topological polar surface area (TPSA) is 50.9 Å². The lowest BCUT2D eigenvalue weighted by atomic mass is 9.83. The molecule has 4 rings (SSSR count). The molecule has 2 heterocycles. The van der Waals surface area contributed by atoms with Crippen LogP contribution < -0.4 is 0 Å². The van der Waals surface area contributed by atoms with E-state index in [0.29, 0.717) is 5.92 Å². The van der Waals surface area contributed by atoms with Crippen LogP contribution in [0.1, 0.15) is 43.0 Å². The molecule has 1 fully saturated rings. The molecule has 4 nitrogen and oxygen atoms in total. The molecule has 0 unspecified atom stereocenters. The van der Waals surface area contributed by atoms with Gasteiger partial charge in [0.15, 0.2) is 0 Å². The van der Waals surface area contributed by atoms with Crippen molar-refractivity contribution in [2.45, 2.75) is 44.6 Å². The standard InChI is InChI=1S/C19H20FN3O/c1-12-21-10-18-19(22-12)17(13-2-8-16(24)9-3-13)11-23(18)15-6-4-14(20)5-7-15/h4-7,10-11,13,16,24H,2-3,8-9H2,1H3. The van der Waals surface area contributed by atoms with Crippen LogP contribution in [0.4, 0.5) is 4.39 Å². The van der Waals surface area contributed by atoms with Crippen molar-refractivity contribution in [2.24, 2.45) is 0 Å². The molecule has 0 aliphatic heterocycles. The van der Waals surface area contributed by atoms with Crippen LogP contribution in [0.3, 0.4) is 0 Å². The van der Waals surface area contributed by atoms with Gasteiger partial charge in [0.25, 0.3) is 0 Å². The van der Waals surface area contributed by atoms with E-state index in [9.17, 15) is 9.50 Å². The van der Waals surface area contributed by atoms with E-state index in [4.69, 9.17) is 0 Å². The molecule has 3 aromatic rings. The molecular formula is C19H20FN3O. The van der Waals surface area contributed by atoms with Gasteiger partial charge in [0.05, 0.1) is 23.3 Å². The van der Waals surface area contributed by atoms with Gasteiger partial charge in [0.1, 0.15) is 11.6 Å². The molecular weight excluding hydrogens is 305 g/mol. The Hall–Kier alpha value is -2.27. The van der Waals surface area contributed by atoms with Crippen molar-refractivity contribution < 1.29 is 9.50 Å². The molecule has 24 heavy (non-hydrogen) atoms. The quantitative estimate of drug-likeness (QED) is 0.778. The Balaban J connectivity index is 1.84. The third-order valence-corrected chi connectivity index (χ3v) is 4.93. The summed E-state index contributed by atoms with van der Waals surface area (Å²) in [6, 6.07) is 6.46. The van der Waals surface area contributed by atoms with Gasteiger partial charge in [-0.1, -0.05) is 0 Å². The summed E-state index contributed by atoms with van der Waals surface area (Å²) in [5.74, 6) is 0.896. The maximum Gasteiger partial charge on any atom is 0.126 e. The van der Waals surface area contributed by atoms with Crippen molar-refractivity contribution >= 4 is 11.0 Å². The lowest BCUT2D eigenvalue weighted by Gasteiger charge is -2.24. The molecule has 1 saturated carbocycles. The molecule has 0 radical (unpaired) electrons. The highest BCUT2D eigenvalue weighted by molar-refractivity contribution is 5.81. The van der Waals surface area contributed by atoms with E-state index in [1.165, 1.54) is 17.7 Å². The van der Waals surface area contributed by atoms with Gasteiger partial charge in [-0.25, -0.2) is 14.4 Å². The summed E-state index contributed by atoms with van der Waals surface area (Å²) in [4.78, 5) is 9.00. The van der Waals surface area contributed by atoms with Crippen LogP contribution in [0.2, 0.25) is 0 Å². The third kappa shape index (κ3) is 2.69. The Morgan fingerprint density at radius 1 is 1.12 bits per heavy atom. The summed E-state index contributed by atoms with van der Waals surface area (Å²) < 4.78 is 15.3.